The summed E-state index contributed by atoms with van der Waals surface area (Å²) in [7, 11) is -4.03. The van der Waals surface area contributed by atoms with Crippen molar-refractivity contribution < 1.29 is 17.2 Å². The van der Waals surface area contributed by atoms with Gasteiger partial charge in [0.15, 0.2) is 5.82 Å². The van der Waals surface area contributed by atoms with Crippen LogP contribution in [0.4, 0.5) is 14.5 Å². The maximum absolute atomic E-state index is 13.6. The molecule has 0 aliphatic rings. The van der Waals surface area contributed by atoms with E-state index in [4.69, 9.17) is 17.3 Å². The van der Waals surface area contributed by atoms with Crippen molar-refractivity contribution in [2.45, 2.75) is 11.4 Å². The molecule has 112 valence electrons. The van der Waals surface area contributed by atoms with E-state index in [2.05, 4.69) is 0 Å². The van der Waals surface area contributed by atoms with Gasteiger partial charge in [0.2, 0.25) is 0 Å². The summed E-state index contributed by atoms with van der Waals surface area (Å²) < 4.78 is 52.8. The Hall–Kier alpha value is -1.70. The molecule has 0 amide bonds. The minimum Gasteiger partial charge on any atom is -0.326 e. The molecule has 0 atom stereocenters. The number of rotatable bonds is 4. The Labute approximate surface area is 125 Å². The first kappa shape index (κ1) is 15.7. The lowest BCUT2D eigenvalue weighted by molar-refractivity contribution is 0.583. The summed E-state index contributed by atoms with van der Waals surface area (Å²) in [4.78, 5) is -0.0838. The molecule has 0 fully saturated rings. The van der Waals surface area contributed by atoms with Crippen LogP contribution in [0.15, 0.2) is 41.3 Å². The van der Waals surface area contributed by atoms with Gasteiger partial charge in [0.05, 0.1) is 9.92 Å². The molecule has 0 aliphatic carbocycles. The number of hydrogen-bond donors (Lipinski definition) is 2. The maximum Gasteiger partial charge on any atom is 0.262 e. The Morgan fingerprint density at radius 2 is 1.76 bits per heavy atom. The van der Waals surface area contributed by atoms with Crippen molar-refractivity contribution in [1.29, 1.82) is 0 Å². The highest BCUT2D eigenvalue weighted by Gasteiger charge is 2.19. The van der Waals surface area contributed by atoms with Gasteiger partial charge in [-0.2, -0.15) is 0 Å². The van der Waals surface area contributed by atoms with Crippen molar-refractivity contribution in [3.05, 3.63) is 58.6 Å². The Bertz CT molecular complexity index is 741. The molecule has 0 radical (unpaired) electrons. The largest absolute Gasteiger partial charge is 0.326 e. The second-order valence-electron chi connectivity index (χ2n) is 4.20. The molecule has 0 bridgehead atoms. The van der Waals surface area contributed by atoms with E-state index < -0.39 is 27.3 Å². The average Bonchev–Trinajstić information content (AvgIpc) is 2.43. The zero-order valence-electron chi connectivity index (χ0n) is 10.6. The Morgan fingerprint density at radius 1 is 1.14 bits per heavy atom. The van der Waals surface area contributed by atoms with Crippen LogP contribution in [-0.2, 0) is 16.6 Å². The van der Waals surface area contributed by atoms with Crippen molar-refractivity contribution in [2.75, 3.05) is 4.72 Å². The number of sulfonamides is 1. The lowest BCUT2D eigenvalue weighted by Crippen LogP contribution is -2.14. The second-order valence-corrected chi connectivity index (χ2v) is 6.29. The van der Waals surface area contributed by atoms with E-state index in [9.17, 15) is 17.2 Å². The van der Waals surface area contributed by atoms with Gasteiger partial charge in [-0.05, 0) is 23.8 Å². The normalized spacial score (nSPS) is 11.4. The first-order valence-electron chi connectivity index (χ1n) is 5.80. The fourth-order valence-corrected chi connectivity index (χ4v) is 3.02. The van der Waals surface area contributed by atoms with Crippen molar-refractivity contribution in [2.24, 2.45) is 5.73 Å². The number of nitrogens with one attached hydrogen (secondary N) is 1. The summed E-state index contributed by atoms with van der Waals surface area (Å²) in [5.41, 5.74) is 5.67. The van der Waals surface area contributed by atoms with Gasteiger partial charge in [-0.25, -0.2) is 17.2 Å². The third-order valence-corrected chi connectivity index (χ3v) is 4.38. The monoisotopic (exact) mass is 332 g/mol. The number of halogens is 3. The first-order chi connectivity index (χ1) is 9.83. The molecule has 21 heavy (non-hydrogen) atoms. The molecular formula is C13H11ClF2N2O2S. The Kier molecular flexibility index (Phi) is 4.46. The van der Waals surface area contributed by atoms with Crippen LogP contribution >= 0.6 is 11.6 Å². The van der Waals surface area contributed by atoms with Crippen LogP contribution in [0.5, 0.6) is 0 Å². The second kappa shape index (κ2) is 5.97. The topological polar surface area (TPSA) is 72.2 Å². The summed E-state index contributed by atoms with van der Waals surface area (Å²) in [6.45, 7) is 0.270. The molecule has 2 aromatic carbocycles. The Morgan fingerprint density at radius 3 is 2.29 bits per heavy atom. The molecule has 0 aromatic heterocycles. The predicted molar refractivity (Wildman–Crippen MR) is 76.5 cm³/mol. The molecule has 3 N–H and O–H groups in total. The van der Waals surface area contributed by atoms with Crippen molar-refractivity contribution in [3.63, 3.8) is 0 Å². The third-order valence-electron chi connectivity index (χ3n) is 2.71. The van der Waals surface area contributed by atoms with Crippen molar-refractivity contribution >= 4 is 27.3 Å². The molecule has 0 saturated heterocycles. The standard InChI is InChI=1S/C13H11ClF2N2O2S/c14-11-5-9(15)6-12(16)13(11)18-21(19,20)10-3-1-8(7-17)2-4-10/h1-6,18H,7,17H2. The smallest absolute Gasteiger partial charge is 0.262 e. The van der Waals surface area contributed by atoms with E-state index in [1.165, 1.54) is 24.3 Å². The zero-order valence-corrected chi connectivity index (χ0v) is 12.2. The summed E-state index contributed by atoms with van der Waals surface area (Å²) in [5.74, 6) is -1.99. The van der Waals surface area contributed by atoms with Crippen molar-refractivity contribution in [3.8, 4) is 0 Å². The van der Waals surface area contributed by atoms with E-state index in [1.54, 1.807) is 0 Å². The summed E-state index contributed by atoms with van der Waals surface area (Å²) in [5, 5.41) is -0.366. The van der Waals surface area contributed by atoms with Gasteiger partial charge < -0.3 is 5.73 Å². The highest BCUT2D eigenvalue weighted by atomic mass is 35.5. The average molecular weight is 333 g/mol. The van der Waals surface area contributed by atoms with Gasteiger partial charge in [0.1, 0.15) is 11.5 Å². The summed E-state index contributed by atoms with van der Waals surface area (Å²) in [6, 6.07) is 7.11. The van der Waals surface area contributed by atoms with Gasteiger partial charge in [0, 0.05) is 12.6 Å². The molecule has 0 spiro atoms. The van der Waals surface area contributed by atoms with E-state index in [-0.39, 0.29) is 16.5 Å². The molecule has 2 rings (SSSR count). The maximum atomic E-state index is 13.6. The number of hydrogen-bond acceptors (Lipinski definition) is 3. The van der Waals surface area contributed by atoms with Gasteiger partial charge in [-0.1, -0.05) is 23.7 Å². The molecule has 2 aromatic rings. The van der Waals surface area contributed by atoms with Gasteiger partial charge in [-0.15, -0.1) is 0 Å². The Balaban J connectivity index is 2.37. The molecule has 0 saturated carbocycles. The van der Waals surface area contributed by atoms with Crippen LogP contribution in [0, 0.1) is 11.6 Å². The lowest BCUT2D eigenvalue weighted by atomic mass is 10.2. The molecular weight excluding hydrogens is 322 g/mol. The highest BCUT2D eigenvalue weighted by Crippen LogP contribution is 2.28. The van der Waals surface area contributed by atoms with Crippen LogP contribution in [-0.4, -0.2) is 8.42 Å². The fourth-order valence-electron chi connectivity index (χ4n) is 1.64. The van der Waals surface area contributed by atoms with Crippen LogP contribution < -0.4 is 10.5 Å². The van der Waals surface area contributed by atoms with Gasteiger partial charge in [-0.3, -0.25) is 4.72 Å². The van der Waals surface area contributed by atoms with Crippen LogP contribution in [0.25, 0.3) is 0 Å². The molecule has 8 heteroatoms. The van der Waals surface area contributed by atoms with Crippen LogP contribution in [0.2, 0.25) is 5.02 Å². The SMILES string of the molecule is NCc1ccc(S(=O)(=O)Nc2c(F)cc(F)cc2Cl)cc1. The first-order valence-corrected chi connectivity index (χ1v) is 7.66. The quantitative estimate of drug-likeness (QED) is 0.904. The molecule has 0 heterocycles. The summed E-state index contributed by atoms with van der Waals surface area (Å²) >= 11 is 5.65. The molecule has 0 unspecified atom stereocenters. The lowest BCUT2D eigenvalue weighted by Gasteiger charge is -2.11. The van der Waals surface area contributed by atoms with Crippen LogP contribution in [0.3, 0.4) is 0 Å². The molecule has 0 aliphatic heterocycles. The van der Waals surface area contributed by atoms with E-state index in [0.717, 1.165) is 11.6 Å². The van der Waals surface area contributed by atoms with Gasteiger partial charge >= 0.3 is 0 Å². The zero-order chi connectivity index (χ0) is 15.6. The third kappa shape index (κ3) is 3.49. The van der Waals surface area contributed by atoms with E-state index in [1.807, 2.05) is 4.72 Å². The predicted octanol–water partition coefficient (Wildman–Crippen LogP) is 2.88. The van der Waals surface area contributed by atoms with Crippen molar-refractivity contribution in [1.82, 2.24) is 0 Å². The van der Waals surface area contributed by atoms with Crippen LogP contribution in [0.1, 0.15) is 5.56 Å². The molecule has 4 nitrogen and oxygen atoms in total. The van der Waals surface area contributed by atoms with E-state index in [0.29, 0.717) is 6.07 Å². The minimum absolute atomic E-state index is 0.0838. The fraction of sp³-hybridized carbons (Fsp3) is 0.0769. The summed E-state index contributed by atoms with van der Waals surface area (Å²) in [6.07, 6.45) is 0. The number of nitrogens with two attached hydrogens (primary N) is 1. The minimum atomic E-state index is -4.03. The number of benzene rings is 2. The van der Waals surface area contributed by atoms with E-state index >= 15 is 0 Å². The number of anilines is 1. The highest BCUT2D eigenvalue weighted by molar-refractivity contribution is 7.92. The van der Waals surface area contributed by atoms with Gasteiger partial charge in [0.25, 0.3) is 10.0 Å².